The van der Waals surface area contributed by atoms with E-state index in [1.54, 1.807) is 0 Å². The average Bonchev–Trinajstić information content (AvgIpc) is 3.46. The normalized spacial score (nSPS) is 43.9. The fraction of sp³-hybridized carbons (Fsp3) is 0.733. The number of aromatic nitrogens is 2. The molecule has 0 spiro atoms. The summed E-state index contributed by atoms with van der Waals surface area (Å²) >= 11 is 0. The van der Waals surface area contributed by atoms with Crippen LogP contribution in [0.15, 0.2) is 46.9 Å². The Morgan fingerprint density at radius 1 is 0.865 bits per heavy atom. The molecule has 12 atom stereocenters. The number of hydrogen-bond acceptors (Lipinski definition) is 7. The second-order valence-electron chi connectivity index (χ2n) is 20.2. The maximum Gasteiger partial charge on any atom is 0.310 e. The lowest BCUT2D eigenvalue weighted by Gasteiger charge is -2.72. The summed E-state index contributed by atoms with van der Waals surface area (Å²) < 4.78 is 18.2. The van der Waals surface area contributed by atoms with E-state index in [1.807, 2.05) is 18.2 Å². The molecule has 0 radical (unpaired) electrons. The maximum atomic E-state index is 13.6. The number of hydrogen-bond donors (Lipinski definition) is 0. The third kappa shape index (κ3) is 4.87. The van der Waals surface area contributed by atoms with Crippen LogP contribution in [0.5, 0.6) is 0 Å². The van der Waals surface area contributed by atoms with Crippen LogP contribution in [0, 0.1) is 68.5 Å². The van der Waals surface area contributed by atoms with Crippen molar-refractivity contribution in [2.45, 2.75) is 131 Å². The molecule has 7 heteroatoms. The van der Waals surface area contributed by atoms with Crippen LogP contribution in [0.3, 0.4) is 0 Å². The fourth-order valence-electron chi connectivity index (χ4n) is 14.7. The van der Waals surface area contributed by atoms with Crippen molar-refractivity contribution in [1.82, 2.24) is 10.2 Å². The lowest BCUT2D eigenvalue weighted by Crippen LogP contribution is -2.67. The number of rotatable bonds is 8. The Morgan fingerprint density at radius 3 is 2.33 bits per heavy atom. The van der Waals surface area contributed by atoms with E-state index in [0.717, 1.165) is 43.6 Å². The van der Waals surface area contributed by atoms with Gasteiger partial charge >= 0.3 is 5.97 Å². The highest BCUT2D eigenvalue weighted by atomic mass is 16.5. The Hall–Kier alpha value is -2.96. The summed E-state index contributed by atoms with van der Waals surface area (Å²) in [4.78, 5) is 24.5. The average molecular weight is 711 g/mol. The van der Waals surface area contributed by atoms with Crippen molar-refractivity contribution in [3.8, 4) is 11.5 Å². The minimum atomic E-state index is -0.212. The van der Waals surface area contributed by atoms with E-state index >= 15 is 0 Å². The van der Waals surface area contributed by atoms with Crippen LogP contribution in [-0.2, 0) is 24.5 Å². The van der Waals surface area contributed by atoms with Crippen molar-refractivity contribution in [3.63, 3.8) is 0 Å². The van der Waals surface area contributed by atoms with Gasteiger partial charge in [-0.05, 0) is 135 Å². The van der Waals surface area contributed by atoms with Gasteiger partial charge in [0.1, 0.15) is 6.10 Å². The molecule has 0 amide bonds. The van der Waals surface area contributed by atoms with Gasteiger partial charge in [-0.25, -0.2) is 0 Å². The first-order valence-electron chi connectivity index (χ1n) is 20.4. The summed E-state index contributed by atoms with van der Waals surface area (Å²) in [6.45, 7) is 24.5. The summed E-state index contributed by atoms with van der Waals surface area (Å²) in [7, 11) is 0. The van der Waals surface area contributed by atoms with Gasteiger partial charge in [-0.3, -0.25) is 9.59 Å². The topological polar surface area (TPSA) is 91.5 Å². The molecule has 6 aliphatic rings. The largest absolute Gasteiger partial charge is 0.468 e. The van der Waals surface area contributed by atoms with Gasteiger partial charge in [0.25, 0.3) is 6.47 Å². The summed E-state index contributed by atoms with van der Waals surface area (Å²) in [6, 6.07) is 10.2. The molecule has 7 nitrogen and oxygen atoms in total. The van der Waals surface area contributed by atoms with E-state index in [1.165, 1.54) is 37.7 Å². The second kappa shape index (κ2) is 12.0. The predicted molar refractivity (Wildman–Crippen MR) is 201 cm³/mol. The zero-order valence-electron chi connectivity index (χ0n) is 33.0. The minimum absolute atomic E-state index is 0.0257. The number of benzene rings is 1. The zero-order valence-corrected chi connectivity index (χ0v) is 33.0. The first-order chi connectivity index (χ1) is 24.6. The number of ether oxygens (including phenoxy) is 2. The molecule has 2 aromatic rings. The first kappa shape index (κ1) is 36.0. The third-order valence-corrected chi connectivity index (χ3v) is 17.8. The van der Waals surface area contributed by atoms with E-state index in [0.29, 0.717) is 42.0 Å². The van der Waals surface area contributed by atoms with Crippen molar-refractivity contribution in [2.75, 3.05) is 6.61 Å². The Morgan fingerprint density at radius 2 is 1.62 bits per heavy atom. The molecule has 282 valence electrons. The van der Waals surface area contributed by atoms with E-state index in [9.17, 15) is 9.59 Å². The standard InChI is InChI=1S/C45H62N2O5/c1-27(2)29-17-22-45(39-47-46-37(52-39)28-13-11-10-12-14-28)24-23-43(8)30(35(29)45)15-16-33-42(7)20-19-34(41(5,6)32(42)18-21-44(33,43)9)51-38(49)36-31(25-50-26-48)40(36,3)4/h10-14,26,29-36H,1,15-25H2,2-9H3/t29-,30+,31+,32-,33+,34-,35+,36+,42-,43+,44+,45-/m0/s1. The van der Waals surface area contributed by atoms with E-state index in [2.05, 4.69) is 79.2 Å². The number of fused-ring (bicyclic) bond motifs is 7. The number of carbonyl (C=O) groups excluding carboxylic acids is 2. The van der Waals surface area contributed by atoms with Crippen LogP contribution >= 0.6 is 0 Å². The molecule has 0 unspecified atom stereocenters. The van der Waals surface area contributed by atoms with Crippen LogP contribution in [0.2, 0.25) is 0 Å². The lowest BCUT2D eigenvalue weighted by atomic mass is 9.32. The van der Waals surface area contributed by atoms with Gasteiger partial charge in [-0.15, -0.1) is 10.2 Å². The Kier molecular flexibility index (Phi) is 8.33. The Balaban J connectivity index is 1.06. The molecular formula is C45H62N2O5. The molecule has 1 heterocycles. The van der Waals surface area contributed by atoms with Crippen molar-refractivity contribution in [3.05, 3.63) is 48.4 Å². The van der Waals surface area contributed by atoms with Crippen molar-refractivity contribution >= 4 is 12.4 Å². The van der Waals surface area contributed by atoms with Gasteiger partial charge < -0.3 is 13.9 Å². The van der Waals surface area contributed by atoms with Gasteiger partial charge in [0.2, 0.25) is 11.8 Å². The fourth-order valence-corrected chi connectivity index (χ4v) is 14.7. The van der Waals surface area contributed by atoms with Gasteiger partial charge in [-0.2, -0.15) is 0 Å². The molecule has 52 heavy (non-hydrogen) atoms. The zero-order chi connectivity index (χ0) is 37.1. The second-order valence-corrected chi connectivity index (χ2v) is 20.2. The molecule has 8 rings (SSSR count). The Bertz CT molecular complexity index is 1730. The predicted octanol–water partition coefficient (Wildman–Crippen LogP) is 10.0. The van der Waals surface area contributed by atoms with Crippen LogP contribution in [0.1, 0.15) is 125 Å². The van der Waals surface area contributed by atoms with Crippen LogP contribution in [0.4, 0.5) is 0 Å². The van der Waals surface area contributed by atoms with Crippen LogP contribution < -0.4 is 0 Å². The molecular weight excluding hydrogens is 649 g/mol. The molecule has 1 aromatic heterocycles. The Labute approximate surface area is 311 Å². The van der Waals surface area contributed by atoms with Crippen molar-refractivity contribution < 1.29 is 23.5 Å². The van der Waals surface area contributed by atoms with Gasteiger partial charge in [0.05, 0.1) is 17.9 Å². The van der Waals surface area contributed by atoms with Gasteiger partial charge in [-0.1, -0.05) is 78.8 Å². The highest BCUT2D eigenvalue weighted by Gasteiger charge is 2.72. The van der Waals surface area contributed by atoms with Gasteiger partial charge in [0.15, 0.2) is 0 Å². The number of carbonyl (C=O) groups is 2. The molecule has 6 aliphatic carbocycles. The monoisotopic (exact) mass is 710 g/mol. The molecule has 6 fully saturated rings. The quantitative estimate of drug-likeness (QED) is 0.153. The number of esters is 1. The van der Waals surface area contributed by atoms with E-state index in [4.69, 9.17) is 19.0 Å². The summed E-state index contributed by atoms with van der Waals surface area (Å²) in [5, 5.41) is 9.47. The van der Waals surface area contributed by atoms with E-state index < -0.39 is 0 Å². The van der Waals surface area contributed by atoms with Crippen LogP contribution in [-0.4, -0.2) is 35.3 Å². The van der Waals surface area contributed by atoms with E-state index in [-0.39, 0.29) is 63.0 Å². The smallest absolute Gasteiger partial charge is 0.310 e. The molecule has 6 saturated carbocycles. The summed E-state index contributed by atoms with van der Waals surface area (Å²) in [6.07, 6.45) is 11.3. The lowest BCUT2D eigenvalue weighted by molar-refractivity contribution is -0.246. The molecule has 0 N–H and O–H groups in total. The van der Waals surface area contributed by atoms with Crippen LogP contribution in [0.25, 0.3) is 11.5 Å². The van der Waals surface area contributed by atoms with Crippen molar-refractivity contribution in [2.24, 2.45) is 68.5 Å². The minimum Gasteiger partial charge on any atom is -0.468 e. The third-order valence-electron chi connectivity index (χ3n) is 17.8. The number of allylic oxidation sites excluding steroid dienone is 1. The summed E-state index contributed by atoms with van der Waals surface area (Å²) in [5.41, 5.74) is 2.46. The molecule has 0 aliphatic heterocycles. The maximum absolute atomic E-state index is 13.6. The molecule has 0 bridgehead atoms. The SMILES string of the molecule is C=C(C)[C@@H]1CC[C@]2(c3nnc(-c4ccccc4)o3)CC[C@]3(C)[C@H](CC[C@@H]4[C@@]5(C)CC[C@H](OC(=O)[C@H]6[C@@H](COC=O)C6(C)C)C(C)(C)[C@@H]5CC[C@]43C)[C@@H]12. The first-order valence-corrected chi connectivity index (χ1v) is 20.4. The summed E-state index contributed by atoms with van der Waals surface area (Å²) in [5.74, 6) is 3.80. The van der Waals surface area contributed by atoms with Crippen molar-refractivity contribution in [1.29, 1.82) is 0 Å². The number of nitrogens with zero attached hydrogens (tertiary/aromatic N) is 2. The highest BCUT2D eigenvalue weighted by molar-refractivity contribution is 5.78. The van der Waals surface area contributed by atoms with Gasteiger partial charge in [0, 0.05) is 16.9 Å². The highest BCUT2D eigenvalue weighted by Crippen LogP contribution is 2.77. The molecule has 1 aromatic carbocycles. The molecule has 0 saturated heterocycles.